The molecule has 1 aromatic carbocycles. The van der Waals surface area contributed by atoms with Crippen LogP contribution >= 0.6 is 11.6 Å². The number of amides is 2. The normalized spacial score (nSPS) is 10.3. The van der Waals surface area contributed by atoms with E-state index < -0.39 is 6.03 Å². The molecule has 27 heavy (non-hydrogen) atoms. The summed E-state index contributed by atoms with van der Waals surface area (Å²) in [5.74, 6) is 1.62. The number of carbonyl (C=O) groups excluding carboxylic acids is 1. The van der Waals surface area contributed by atoms with Gasteiger partial charge in [-0.25, -0.2) is 14.8 Å². The van der Waals surface area contributed by atoms with E-state index >= 15 is 0 Å². The fraction of sp³-hybridized carbons (Fsp3) is 0.167. The predicted octanol–water partition coefficient (Wildman–Crippen LogP) is 3.26. The second kappa shape index (κ2) is 8.41. The summed E-state index contributed by atoms with van der Waals surface area (Å²) in [6.45, 7) is 0.316. The Balaban J connectivity index is 1.61. The highest BCUT2D eigenvalue weighted by atomic mass is 35.5. The minimum atomic E-state index is -0.392. The largest absolute Gasteiger partial charge is 0.495 e. The van der Waals surface area contributed by atoms with Crippen LogP contribution < -0.4 is 20.1 Å². The van der Waals surface area contributed by atoms with Crippen LogP contribution in [0.2, 0.25) is 5.02 Å². The van der Waals surface area contributed by atoms with E-state index in [0.29, 0.717) is 28.8 Å². The number of pyridine rings is 1. The Kier molecular flexibility index (Phi) is 5.77. The summed E-state index contributed by atoms with van der Waals surface area (Å²) in [7, 11) is 2.99. The Labute approximate surface area is 161 Å². The molecule has 0 aliphatic carbocycles. The average molecular weight is 388 g/mol. The van der Waals surface area contributed by atoms with E-state index in [1.165, 1.54) is 14.2 Å². The summed E-state index contributed by atoms with van der Waals surface area (Å²) in [6, 6.07) is 6.52. The van der Waals surface area contributed by atoms with Crippen LogP contribution in [0.3, 0.4) is 0 Å². The molecular weight excluding hydrogens is 370 g/mol. The predicted molar refractivity (Wildman–Crippen MR) is 102 cm³/mol. The SMILES string of the molecule is COc1cc(NC(=O)NCc2ccc(-n3ccnc3)nc2)c(OC)cc1Cl. The maximum Gasteiger partial charge on any atom is 0.319 e. The molecule has 3 aromatic rings. The van der Waals surface area contributed by atoms with Crippen molar-refractivity contribution in [2.75, 3.05) is 19.5 Å². The van der Waals surface area contributed by atoms with E-state index in [2.05, 4.69) is 20.6 Å². The first-order valence-corrected chi connectivity index (χ1v) is 8.38. The van der Waals surface area contributed by atoms with Crippen molar-refractivity contribution >= 4 is 23.3 Å². The van der Waals surface area contributed by atoms with Gasteiger partial charge >= 0.3 is 6.03 Å². The molecule has 0 fully saturated rings. The van der Waals surface area contributed by atoms with E-state index in [1.807, 2.05) is 18.3 Å². The average Bonchev–Trinajstić information content (AvgIpc) is 3.22. The number of rotatable bonds is 6. The number of hydrogen-bond donors (Lipinski definition) is 2. The molecule has 140 valence electrons. The Morgan fingerprint density at radius 3 is 2.67 bits per heavy atom. The van der Waals surface area contributed by atoms with Crippen molar-refractivity contribution in [3.8, 4) is 17.3 Å². The van der Waals surface area contributed by atoms with Gasteiger partial charge in [-0.1, -0.05) is 17.7 Å². The van der Waals surface area contributed by atoms with Crippen LogP contribution in [0, 0.1) is 0 Å². The number of halogens is 1. The number of ether oxygens (including phenoxy) is 2. The second-order valence-electron chi connectivity index (χ2n) is 5.49. The highest BCUT2D eigenvalue weighted by Crippen LogP contribution is 2.35. The van der Waals surface area contributed by atoms with Crippen LogP contribution in [0.4, 0.5) is 10.5 Å². The van der Waals surface area contributed by atoms with Crippen LogP contribution in [0.1, 0.15) is 5.56 Å². The number of aromatic nitrogens is 3. The summed E-state index contributed by atoms with van der Waals surface area (Å²) < 4.78 is 12.2. The van der Waals surface area contributed by atoms with E-state index in [4.69, 9.17) is 21.1 Å². The Hall–Kier alpha value is -3.26. The molecule has 0 aliphatic rings. The highest BCUT2D eigenvalue weighted by Gasteiger charge is 2.12. The Morgan fingerprint density at radius 2 is 2.04 bits per heavy atom. The third-order valence-corrected chi connectivity index (χ3v) is 4.05. The fourth-order valence-electron chi connectivity index (χ4n) is 2.38. The number of urea groups is 1. The van der Waals surface area contributed by atoms with Gasteiger partial charge in [-0.15, -0.1) is 0 Å². The number of hydrogen-bond acceptors (Lipinski definition) is 5. The standard InChI is InChI=1S/C18H18ClN5O3/c1-26-15-8-14(16(27-2)7-13(15)19)23-18(25)22-10-12-3-4-17(21-9-12)24-6-5-20-11-24/h3-9,11H,10H2,1-2H3,(H2,22,23,25). The van der Waals surface area contributed by atoms with Gasteiger partial charge in [0.2, 0.25) is 0 Å². The zero-order valence-electron chi connectivity index (χ0n) is 14.8. The third-order valence-electron chi connectivity index (χ3n) is 3.75. The molecule has 0 unspecified atom stereocenters. The zero-order valence-corrected chi connectivity index (χ0v) is 15.5. The quantitative estimate of drug-likeness (QED) is 0.677. The maximum atomic E-state index is 12.2. The van der Waals surface area contributed by atoms with Gasteiger partial charge in [0.05, 0.1) is 24.9 Å². The number of carbonyl (C=O) groups is 1. The molecule has 2 aromatic heterocycles. The first kappa shape index (κ1) is 18.5. The number of imidazole rings is 1. The van der Waals surface area contributed by atoms with Gasteiger partial charge in [0, 0.05) is 37.3 Å². The summed E-state index contributed by atoms with van der Waals surface area (Å²) >= 11 is 6.06. The fourth-order valence-corrected chi connectivity index (χ4v) is 2.61. The smallest absolute Gasteiger partial charge is 0.319 e. The third kappa shape index (κ3) is 4.48. The summed E-state index contributed by atoms with van der Waals surface area (Å²) in [4.78, 5) is 20.5. The number of nitrogens with one attached hydrogen (secondary N) is 2. The van der Waals surface area contributed by atoms with Crippen molar-refractivity contribution in [2.45, 2.75) is 6.54 Å². The number of anilines is 1. The van der Waals surface area contributed by atoms with E-state index in [0.717, 1.165) is 11.4 Å². The van der Waals surface area contributed by atoms with Crippen molar-refractivity contribution in [2.24, 2.45) is 0 Å². The van der Waals surface area contributed by atoms with Gasteiger partial charge < -0.3 is 20.1 Å². The summed E-state index contributed by atoms with van der Waals surface area (Å²) in [6.07, 6.45) is 6.85. The molecule has 3 rings (SSSR count). The van der Waals surface area contributed by atoms with Crippen LogP contribution in [0.5, 0.6) is 11.5 Å². The maximum absolute atomic E-state index is 12.2. The van der Waals surface area contributed by atoms with Crippen LogP contribution in [0.15, 0.2) is 49.2 Å². The van der Waals surface area contributed by atoms with Gasteiger partial charge in [-0.2, -0.15) is 0 Å². The van der Waals surface area contributed by atoms with Crippen molar-refractivity contribution in [3.63, 3.8) is 0 Å². The molecule has 0 saturated heterocycles. The molecule has 0 saturated carbocycles. The molecule has 2 amide bonds. The monoisotopic (exact) mass is 387 g/mol. The zero-order chi connectivity index (χ0) is 19.2. The highest BCUT2D eigenvalue weighted by molar-refractivity contribution is 6.32. The topological polar surface area (TPSA) is 90.3 Å². The first-order chi connectivity index (χ1) is 13.1. The van der Waals surface area contributed by atoms with E-state index in [9.17, 15) is 4.79 Å². The molecule has 2 heterocycles. The lowest BCUT2D eigenvalue weighted by Gasteiger charge is -2.13. The minimum Gasteiger partial charge on any atom is -0.495 e. The van der Waals surface area contributed by atoms with E-state index in [1.54, 1.807) is 35.4 Å². The van der Waals surface area contributed by atoms with Crippen molar-refractivity contribution in [3.05, 3.63) is 59.8 Å². The molecule has 9 heteroatoms. The number of nitrogens with zero attached hydrogens (tertiary/aromatic N) is 3. The van der Waals surface area contributed by atoms with Crippen LogP contribution in [-0.2, 0) is 6.54 Å². The molecule has 0 bridgehead atoms. The molecule has 0 spiro atoms. The van der Waals surface area contributed by atoms with E-state index in [-0.39, 0.29) is 0 Å². The summed E-state index contributed by atoms with van der Waals surface area (Å²) in [5, 5.41) is 5.88. The lowest BCUT2D eigenvalue weighted by Crippen LogP contribution is -2.28. The first-order valence-electron chi connectivity index (χ1n) is 8.00. The second-order valence-corrected chi connectivity index (χ2v) is 5.90. The minimum absolute atomic E-state index is 0.316. The van der Waals surface area contributed by atoms with Crippen molar-refractivity contribution in [1.82, 2.24) is 19.9 Å². The number of benzene rings is 1. The van der Waals surface area contributed by atoms with Gasteiger partial charge in [0.25, 0.3) is 0 Å². The molecular formula is C18H18ClN5O3. The molecule has 2 N–H and O–H groups in total. The van der Waals surface area contributed by atoms with Gasteiger partial charge in [-0.3, -0.25) is 4.57 Å². The van der Waals surface area contributed by atoms with Gasteiger partial charge in [-0.05, 0) is 11.6 Å². The van der Waals surface area contributed by atoms with Gasteiger partial charge in [0.1, 0.15) is 23.6 Å². The van der Waals surface area contributed by atoms with Crippen LogP contribution in [0.25, 0.3) is 5.82 Å². The molecule has 0 aliphatic heterocycles. The lowest BCUT2D eigenvalue weighted by molar-refractivity contribution is 0.251. The van der Waals surface area contributed by atoms with Crippen molar-refractivity contribution < 1.29 is 14.3 Å². The Bertz CT molecular complexity index is 914. The number of methoxy groups -OCH3 is 2. The van der Waals surface area contributed by atoms with Gasteiger partial charge in [0.15, 0.2) is 0 Å². The lowest BCUT2D eigenvalue weighted by atomic mass is 10.2. The van der Waals surface area contributed by atoms with Crippen LogP contribution in [-0.4, -0.2) is 34.8 Å². The van der Waals surface area contributed by atoms with Crippen molar-refractivity contribution in [1.29, 1.82) is 0 Å². The molecule has 0 atom stereocenters. The summed E-state index contributed by atoms with van der Waals surface area (Å²) in [5.41, 5.74) is 1.31. The molecule has 8 nitrogen and oxygen atoms in total. The molecule has 0 radical (unpaired) electrons. The Morgan fingerprint density at radius 1 is 1.22 bits per heavy atom.